The highest BCUT2D eigenvalue weighted by atomic mass is 35.5. The zero-order valence-corrected chi connectivity index (χ0v) is 31.9. The lowest BCUT2D eigenvalue weighted by Crippen LogP contribution is -2.47. The summed E-state index contributed by atoms with van der Waals surface area (Å²) in [5.74, 6) is -1.69. The molecule has 52 heavy (non-hydrogen) atoms. The molecule has 2 N–H and O–H groups in total. The number of rotatable bonds is 5. The van der Waals surface area contributed by atoms with E-state index >= 15 is 0 Å². The average Bonchev–Trinajstić information content (AvgIpc) is 3.88. The number of nitrogens with zero attached hydrogens (tertiary/aromatic N) is 2. The molecular formula is C38H49ClF2N4O6S. The third kappa shape index (κ3) is 8.27. The van der Waals surface area contributed by atoms with Gasteiger partial charge in [0.2, 0.25) is 6.43 Å². The SMILES string of the molecule is CO[C@H]1/C=C/[C@H](OC)[C@H](C)CS(=O)(NC(=O)N[C@H]2CC2C(F)F)=NC(=O)c2ccc3c(c2)N(C[C@H](C)[C@H]1C)C[C@@]1(CCCc2cc(Cl)ccc21)CO3. The molecule has 1 fully saturated rings. The quantitative estimate of drug-likeness (QED) is 0.322. The Morgan fingerprint density at radius 1 is 1.10 bits per heavy atom. The van der Waals surface area contributed by atoms with Crippen molar-refractivity contribution in [3.63, 3.8) is 0 Å². The Morgan fingerprint density at radius 2 is 1.85 bits per heavy atom. The van der Waals surface area contributed by atoms with Gasteiger partial charge >= 0.3 is 6.03 Å². The van der Waals surface area contributed by atoms with Gasteiger partial charge in [-0.1, -0.05) is 50.6 Å². The van der Waals surface area contributed by atoms with Crippen LogP contribution >= 0.6 is 11.6 Å². The number of urea groups is 1. The van der Waals surface area contributed by atoms with Gasteiger partial charge in [-0.15, -0.1) is 4.36 Å². The van der Waals surface area contributed by atoms with Crippen LogP contribution in [0.25, 0.3) is 0 Å². The molecule has 2 aromatic carbocycles. The number of carbonyl (C=O) groups excluding carboxylic acids is 2. The molecule has 0 saturated heterocycles. The number of halogens is 3. The molecule has 2 bridgehead atoms. The molecule has 6 rings (SSSR count). The van der Waals surface area contributed by atoms with Crippen LogP contribution < -0.4 is 19.7 Å². The normalized spacial score (nSPS) is 34.1. The average molecular weight is 763 g/mol. The first kappa shape index (κ1) is 38.5. The molecular weight excluding hydrogens is 714 g/mol. The molecule has 1 saturated carbocycles. The van der Waals surface area contributed by atoms with Crippen molar-refractivity contribution in [3.05, 3.63) is 70.3 Å². The van der Waals surface area contributed by atoms with Crippen LogP contribution in [-0.4, -0.2) is 80.5 Å². The number of ether oxygens (including phenoxy) is 3. The van der Waals surface area contributed by atoms with Crippen molar-refractivity contribution < 1.29 is 36.8 Å². The summed E-state index contributed by atoms with van der Waals surface area (Å²) < 4.78 is 65.7. The predicted octanol–water partition coefficient (Wildman–Crippen LogP) is 6.80. The second kappa shape index (κ2) is 15.6. The van der Waals surface area contributed by atoms with Gasteiger partial charge in [-0.3, -0.25) is 9.52 Å². The summed E-state index contributed by atoms with van der Waals surface area (Å²) in [6.07, 6.45) is 3.29. The van der Waals surface area contributed by atoms with E-state index in [9.17, 15) is 22.6 Å². The molecule has 2 heterocycles. The number of alkyl halides is 2. The van der Waals surface area contributed by atoms with Crippen LogP contribution in [0, 0.1) is 23.7 Å². The lowest BCUT2D eigenvalue weighted by molar-refractivity contribution is 0.0700. The van der Waals surface area contributed by atoms with Crippen LogP contribution in [0.4, 0.5) is 19.3 Å². The van der Waals surface area contributed by atoms with Crippen molar-refractivity contribution in [2.75, 3.05) is 44.6 Å². The summed E-state index contributed by atoms with van der Waals surface area (Å²) in [7, 11) is -0.585. The van der Waals surface area contributed by atoms with Crippen molar-refractivity contribution in [2.45, 2.75) is 76.5 Å². The minimum atomic E-state index is -3.78. The first-order valence-electron chi connectivity index (χ1n) is 17.9. The predicted molar refractivity (Wildman–Crippen MR) is 198 cm³/mol. The Morgan fingerprint density at radius 3 is 2.56 bits per heavy atom. The van der Waals surface area contributed by atoms with Crippen molar-refractivity contribution >= 4 is 39.1 Å². The van der Waals surface area contributed by atoms with Crippen LogP contribution in [0.2, 0.25) is 5.02 Å². The minimum Gasteiger partial charge on any atom is -0.490 e. The highest BCUT2D eigenvalue weighted by molar-refractivity contribution is 7.92. The monoisotopic (exact) mass is 762 g/mol. The number of methoxy groups -OCH3 is 2. The number of hydrogen-bond donors (Lipinski definition) is 2. The lowest BCUT2D eigenvalue weighted by Gasteiger charge is -2.42. The topological polar surface area (TPSA) is 119 Å². The second-order valence-corrected chi connectivity index (χ2v) is 17.4. The molecule has 1 spiro atoms. The molecule has 10 nitrogen and oxygen atoms in total. The fourth-order valence-electron chi connectivity index (χ4n) is 8.01. The van der Waals surface area contributed by atoms with E-state index < -0.39 is 52.3 Å². The summed E-state index contributed by atoms with van der Waals surface area (Å²) in [6.45, 7) is 7.80. The van der Waals surface area contributed by atoms with E-state index in [4.69, 9.17) is 25.8 Å². The second-order valence-electron chi connectivity index (χ2n) is 15.0. The van der Waals surface area contributed by atoms with E-state index in [1.54, 1.807) is 32.2 Å². The molecule has 0 aromatic heterocycles. The number of fused-ring (bicyclic) bond motifs is 3. The maximum Gasteiger partial charge on any atom is 0.327 e. The Kier molecular flexibility index (Phi) is 11.5. The minimum absolute atomic E-state index is 0.0527. The van der Waals surface area contributed by atoms with Crippen molar-refractivity contribution in [3.8, 4) is 5.75 Å². The van der Waals surface area contributed by atoms with Gasteiger partial charge in [0, 0.05) is 55.3 Å². The summed E-state index contributed by atoms with van der Waals surface area (Å²) in [4.78, 5) is 29.2. The third-order valence-electron chi connectivity index (χ3n) is 11.3. The number of aryl methyl sites for hydroxylation is 1. The molecule has 4 aliphatic rings. The number of anilines is 1. The summed E-state index contributed by atoms with van der Waals surface area (Å²) in [5, 5.41) is 3.16. The maximum absolute atomic E-state index is 14.5. The summed E-state index contributed by atoms with van der Waals surface area (Å²) >= 11 is 6.43. The van der Waals surface area contributed by atoms with Crippen LogP contribution in [0.15, 0.2) is 52.9 Å². The Balaban J connectivity index is 1.42. The number of carbonyl (C=O) groups is 2. The van der Waals surface area contributed by atoms with Gasteiger partial charge in [0.1, 0.15) is 15.7 Å². The highest BCUT2D eigenvalue weighted by Crippen LogP contribution is 2.45. The maximum atomic E-state index is 14.5. The van der Waals surface area contributed by atoms with Crippen LogP contribution in [0.3, 0.4) is 0 Å². The summed E-state index contributed by atoms with van der Waals surface area (Å²) in [5.41, 5.74) is 2.97. The highest BCUT2D eigenvalue weighted by Gasteiger charge is 2.46. The Hall–Kier alpha value is -3.26. The van der Waals surface area contributed by atoms with Crippen LogP contribution in [0.1, 0.15) is 61.5 Å². The number of amides is 3. The van der Waals surface area contributed by atoms with E-state index in [0.717, 1.165) is 19.3 Å². The zero-order chi connectivity index (χ0) is 37.4. The molecule has 284 valence electrons. The molecule has 9 atom stereocenters. The van der Waals surface area contributed by atoms with Crippen LogP contribution in [-0.2, 0) is 31.2 Å². The van der Waals surface area contributed by atoms with Gasteiger partial charge in [-0.25, -0.2) is 17.8 Å². The number of benzene rings is 2. The molecule has 0 radical (unpaired) electrons. The van der Waals surface area contributed by atoms with Crippen LogP contribution in [0.5, 0.6) is 5.75 Å². The van der Waals surface area contributed by atoms with E-state index in [0.29, 0.717) is 36.2 Å². The van der Waals surface area contributed by atoms with Gasteiger partial charge in [-0.05, 0) is 84.9 Å². The Bertz CT molecular complexity index is 1820. The number of nitrogens with one attached hydrogen (secondary N) is 2. The standard InChI is InChI=1S/C38H49ClF2N4O6S/c1-22-18-45-20-38(14-6-7-25-15-27(39)9-10-29(25)38)21-51-34-11-8-26(16-31(34)45)36(46)43-52(48,44-37(47)42-30-17-28(30)35(40)41)19-23(2)32(49-4)12-13-33(50-5)24(22)3/h8-13,15-16,22-24,28,30,32-33,35H,6-7,14,17-21H2,1-5H3,(H2,42,43,44,46,47,48)/b13-12+/t22-,23+,24+,28?,30-,32-,33-,38-,52?/m0/s1. The zero-order valence-electron chi connectivity index (χ0n) is 30.3. The first-order valence-corrected chi connectivity index (χ1v) is 20.0. The smallest absolute Gasteiger partial charge is 0.327 e. The fraction of sp³-hybridized carbons (Fsp3) is 0.579. The molecule has 2 aliphatic carbocycles. The Labute approximate surface area is 310 Å². The number of hydrogen-bond acceptors (Lipinski definition) is 7. The third-order valence-corrected chi connectivity index (χ3v) is 13.4. The fourth-order valence-corrected chi connectivity index (χ4v) is 10.0. The molecule has 2 unspecified atom stereocenters. The molecule has 14 heteroatoms. The first-order chi connectivity index (χ1) is 24.7. The lowest BCUT2D eigenvalue weighted by atomic mass is 9.70. The molecule has 3 amide bonds. The van der Waals surface area contributed by atoms with Crippen molar-refractivity contribution in [1.82, 2.24) is 10.0 Å². The van der Waals surface area contributed by atoms with Crippen molar-refractivity contribution in [2.24, 2.45) is 28.0 Å². The van der Waals surface area contributed by atoms with Gasteiger partial charge < -0.3 is 24.4 Å². The van der Waals surface area contributed by atoms with E-state index in [2.05, 4.69) is 39.2 Å². The van der Waals surface area contributed by atoms with Gasteiger partial charge in [-0.2, -0.15) is 0 Å². The van der Waals surface area contributed by atoms with Gasteiger partial charge in [0.05, 0.1) is 30.3 Å². The van der Waals surface area contributed by atoms with E-state index in [1.807, 2.05) is 24.3 Å². The van der Waals surface area contributed by atoms with Gasteiger partial charge in [0.15, 0.2) is 0 Å². The largest absolute Gasteiger partial charge is 0.490 e. The molecule has 2 aliphatic heterocycles. The van der Waals surface area contributed by atoms with E-state index in [-0.39, 0.29) is 41.1 Å². The molecule has 2 aromatic rings. The van der Waals surface area contributed by atoms with E-state index in [1.165, 1.54) is 18.2 Å². The summed E-state index contributed by atoms with van der Waals surface area (Å²) in [6, 6.07) is 9.47. The van der Waals surface area contributed by atoms with Gasteiger partial charge in [0.25, 0.3) is 5.91 Å². The van der Waals surface area contributed by atoms with Crippen molar-refractivity contribution in [1.29, 1.82) is 0 Å².